The van der Waals surface area contributed by atoms with Crippen molar-refractivity contribution in [1.29, 1.82) is 0 Å². The van der Waals surface area contributed by atoms with Crippen molar-refractivity contribution in [3.8, 4) is 0 Å². The Labute approximate surface area is 190 Å². The first kappa shape index (κ1) is 22.4. The Bertz CT molecular complexity index is 993. The van der Waals surface area contributed by atoms with Crippen molar-refractivity contribution in [2.75, 3.05) is 18.0 Å². The number of unbranched alkanes of at least 4 members (excludes halogenated alkanes) is 2. The van der Waals surface area contributed by atoms with E-state index in [4.69, 9.17) is 17.3 Å². The zero-order valence-corrected chi connectivity index (χ0v) is 18.8. The number of nitrogens with zero attached hydrogens (tertiary/aromatic N) is 2. The number of aliphatic carboxylic acids is 2. The minimum Gasteiger partial charge on any atom is -0.481 e. The molecule has 1 aromatic carbocycles. The highest BCUT2D eigenvalue weighted by Crippen LogP contribution is 2.45. The van der Waals surface area contributed by atoms with E-state index in [1.54, 1.807) is 18.2 Å². The van der Waals surface area contributed by atoms with E-state index >= 15 is 0 Å². The topological polar surface area (TPSA) is 115 Å². The van der Waals surface area contributed by atoms with Gasteiger partial charge in [0.25, 0.3) is 11.8 Å². The number of fused-ring (bicyclic) bond motifs is 1. The number of thiocarbonyl (C=S) groups is 1. The summed E-state index contributed by atoms with van der Waals surface area (Å²) in [5, 5.41) is 17.9. The summed E-state index contributed by atoms with van der Waals surface area (Å²) in [6.07, 6.45) is 1.80. The van der Waals surface area contributed by atoms with E-state index in [0.29, 0.717) is 45.9 Å². The number of carboxylic acids is 2. The van der Waals surface area contributed by atoms with Crippen LogP contribution in [0.15, 0.2) is 27.6 Å². The Morgan fingerprint density at radius 3 is 2.43 bits per heavy atom. The Morgan fingerprint density at radius 2 is 1.77 bits per heavy atom. The number of carbonyl (C=O) groups excluding carboxylic acids is 2. The fourth-order valence-corrected chi connectivity index (χ4v) is 5.02. The van der Waals surface area contributed by atoms with Gasteiger partial charge in [-0.15, -0.1) is 0 Å². The van der Waals surface area contributed by atoms with Crippen molar-refractivity contribution in [2.24, 2.45) is 0 Å². The third-order valence-corrected chi connectivity index (χ3v) is 6.56. The Balaban J connectivity index is 1.87. The lowest BCUT2D eigenvalue weighted by molar-refractivity contribution is -0.137. The summed E-state index contributed by atoms with van der Waals surface area (Å²) in [7, 11) is 0. The number of carbonyl (C=O) groups is 4. The molecule has 0 bridgehead atoms. The number of thioether (sulfide) groups is 1. The summed E-state index contributed by atoms with van der Waals surface area (Å²) in [6.45, 7) is -0.180. The van der Waals surface area contributed by atoms with Gasteiger partial charge in [-0.2, -0.15) is 0 Å². The lowest BCUT2D eigenvalue weighted by atomic mass is 10.1. The molecule has 0 radical (unpaired) electrons. The van der Waals surface area contributed by atoms with Crippen LogP contribution in [0.4, 0.5) is 5.69 Å². The van der Waals surface area contributed by atoms with Gasteiger partial charge in [0.1, 0.15) is 10.9 Å². The molecular weight excluding hydrogens is 496 g/mol. The van der Waals surface area contributed by atoms with Crippen molar-refractivity contribution < 1.29 is 29.4 Å². The monoisotopic (exact) mass is 512 g/mol. The first-order valence-electron chi connectivity index (χ1n) is 9.04. The van der Waals surface area contributed by atoms with Gasteiger partial charge < -0.3 is 10.2 Å². The van der Waals surface area contributed by atoms with Crippen LogP contribution < -0.4 is 4.90 Å². The van der Waals surface area contributed by atoms with Gasteiger partial charge in [0.2, 0.25) is 0 Å². The first-order valence-corrected chi connectivity index (χ1v) is 11.1. The van der Waals surface area contributed by atoms with Gasteiger partial charge >= 0.3 is 11.9 Å². The molecule has 0 unspecified atom stereocenters. The van der Waals surface area contributed by atoms with Crippen molar-refractivity contribution in [2.45, 2.75) is 25.7 Å². The fourth-order valence-electron chi connectivity index (χ4n) is 3.28. The average molecular weight is 513 g/mol. The number of carboxylic acid groups (broad SMARTS) is 2. The van der Waals surface area contributed by atoms with E-state index in [1.807, 2.05) is 0 Å². The lowest BCUT2D eigenvalue weighted by Gasteiger charge is -2.14. The van der Waals surface area contributed by atoms with Crippen LogP contribution in [0, 0.1) is 0 Å². The number of rotatable bonds is 8. The largest absolute Gasteiger partial charge is 0.481 e. The number of hydrogen-bond acceptors (Lipinski definition) is 6. The van der Waals surface area contributed by atoms with E-state index in [2.05, 4.69) is 15.9 Å². The normalized spacial score (nSPS) is 18.4. The van der Waals surface area contributed by atoms with Gasteiger partial charge in [0, 0.05) is 23.0 Å². The second kappa shape index (κ2) is 9.27. The molecule has 158 valence electrons. The minimum absolute atomic E-state index is 0.0714. The third-order valence-electron chi connectivity index (χ3n) is 4.62. The predicted molar refractivity (Wildman–Crippen MR) is 119 cm³/mol. The van der Waals surface area contributed by atoms with Crippen LogP contribution in [0.25, 0.3) is 5.57 Å². The summed E-state index contributed by atoms with van der Waals surface area (Å²) in [5.41, 5.74) is 1.07. The number of hydrogen-bond donors (Lipinski definition) is 2. The van der Waals surface area contributed by atoms with E-state index in [-0.39, 0.29) is 16.9 Å². The second-order valence-electron chi connectivity index (χ2n) is 6.68. The molecule has 0 aromatic heterocycles. The molecule has 0 aliphatic carbocycles. The van der Waals surface area contributed by atoms with Crippen LogP contribution in [0.2, 0.25) is 0 Å². The fraction of sp³-hybridized carbons (Fsp3) is 0.316. The first-order chi connectivity index (χ1) is 14.2. The molecule has 0 saturated carbocycles. The molecule has 0 spiro atoms. The number of halogens is 1. The highest BCUT2D eigenvalue weighted by molar-refractivity contribution is 9.10. The number of anilines is 1. The molecule has 3 rings (SSSR count). The zero-order valence-electron chi connectivity index (χ0n) is 15.6. The molecule has 1 aromatic rings. The molecule has 1 saturated heterocycles. The summed E-state index contributed by atoms with van der Waals surface area (Å²) in [4.78, 5) is 50.6. The Hall–Kier alpha value is -2.24. The molecule has 11 heteroatoms. The van der Waals surface area contributed by atoms with Crippen LogP contribution >= 0.6 is 39.9 Å². The van der Waals surface area contributed by atoms with Gasteiger partial charge in [0.15, 0.2) is 0 Å². The molecule has 2 aliphatic rings. The molecule has 2 heterocycles. The van der Waals surface area contributed by atoms with Gasteiger partial charge in [-0.05, 0) is 31.0 Å². The quantitative estimate of drug-likeness (QED) is 0.310. The molecule has 30 heavy (non-hydrogen) atoms. The predicted octanol–water partition coefficient (Wildman–Crippen LogP) is 3.10. The van der Waals surface area contributed by atoms with Gasteiger partial charge in [-0.1, -0.05) is 46.3 Å². The maximum absolute atomic E-state index is 13.0. The molecule has 8 nitrogen and oxygen atoms in total. The molecule has 2 aliphatic heterocycles. The summed E-state index contributed by atoms with van der Waals surface area (Å²) < 4.78 is 1.01. The molecule has 2 amide bonds. The Kier molecular flexibility index (Phi) is 6.94. The van der Waals surface area contributed by atoms with Crippen molar-refractivity contribution in [1.82, 2.24) is 4.90 Å². The molecule has 0 atom stereocenters. The van der Waals surface area contributed by atoms with E-state index < -0.39 is 30.3 Å². The van der Waals surface area contributed by atoms with Gasteiger partial charge in [-0.3, -0.25) is 29.0 Å². The number of amides is 2. The SMILES string of the molecule is O=C(O)CCCCCN1C(=O)C(=C2C(=O)N(CC(=O)O)c3ccc(Br)cc32)SC1=S. The Morgan fingerprint density at radius 1 is 1.03 bits per heavy atom. The summed E-state index contributed by atoms with van der Waals surface area (Å²) >= 11 is 9.70. The van der Waals surface area contributed by atoms with E-state index in [9.17, 15) is 24.3 Å². The average Bonchev–Trinajstić information content (AvgIpc) is 3.08. The summed E-state index contributed by atoms with van der Waals surface area (Å²) in [6, 6.07) is 5.02. The highest BCUT2D eigenvalue weighted by atomic mass is 79.9. The smallest absolute Gasteiger partial charge is 0.323 e. The minimum atomic E-state index is -1.16. The number of benzene rings is 1. The maximum Gasteiger partial charge on any atom is 0.323 e. The zero-order chi connectivity index (χ0) is 22.0. The van der Waals surface area contributed by atoms with E-state index in [1.165, 1.54) is 4.90 Å². The maximum atomic E-state index is 13.0. The van der Waals surface area contributed by atoms with Crippen LogP contribution in [-0.2, 0) is 19.2 Å². The molecule has 2 N–H and O–H groups in total. The van der Waals surface area contributed by atoms with Crippen molar-refractivity contribution in [3.63, 3.8) is 0 Å². The van der Waals surface area contributed by atoms with Crippen molar-refractivity contribution >= 4 is 79.2 Å². The van der Waals surface area contributed by atoms with Crippen LogP contribution in [0.5, 0.6) is 0 Å². The van der Waals surface area contributed by atoms with Crippen molar-refractivity contribution in [3.05, 3.63) is 33.1 Å². The second-order valence-corrected chi connectivity index (χ2v) is 9.24. The summed E-state index contributed by atoms with van der Waals surface area (Å²) in [5.74, 6) is -2.96. The van der Waals surface area contributed by atoms with Crippen LogP contribution in [0.1, 0.15) is 31.2 Å². The van der Waals surface area contributed by atoms with E-state index in [0.717, 1.165) is 16.7 Å². The molecule has 1 fully saturated rings. The third kappa shape index (κ3) is 4.57. The van der Waals surface area contributed by atoms with Crippen LogP contribution in [-0.4, -0.2) is 56.3 Å². The van der Waals surface area contributed by atoms with Crippen LogP contribution in [0.3, 0.4) is 0 Å². The highest BCUT2D eigenvalue weighted by Gasteiger charge is 2.42. The van der Waals surface area contributed by atoms with Gasteiger partial charge in [-0.25, -0.2) is 0 Å². The standard InChI is InChI=1S/C19H17BrN2O6S2/c20-10-5-6-12-11(8-10)15(17(27)22(12)9-14(25)26)16-18(28)21(19(29)30-16)7-3-1-2-4-13(23)24/h5-6,8H,1-4,7,9H2,(H,23,24)(H,25,26). The molecular formula is C19H17BrN2O6S2. The van der Waals surface area contributed by atoms with Gasteiger partial charge in [0.05, 0.1) is 16.2 Å². The lowest BCUT2D eigenvalue weighted by Crippen LogP contribution is -2.33.